The van der Waals surface area contributed by atoms with Crippen molar-refractivity contribution in [2.45, 2.75) is 58.2 Å². The van der Waals surface area contributed by atoms with Gasteiger partial charge in [-0.3, -0.25) is 9.59 Å². The Kier molecular flexibility index (Phi) is 9.34. The topological polar surface area (TPSA) is 61.9 Å². The molecule has 3 aromatic carbocycles. The van der Waals surface area contributed by atoms with Gasteiger partial charge in [-0.05, 0) is 66.6 Å². The fraction of sp³-hybridized carbons (Fsp3) is 0.371. The summed E-state index contributed by atoms with van der Waals surface area (Å²) in [5.74, 6) is 0.748. The number of hydrogen-bond acceptors (Lipinski definition) is 4. The molecule has 1 N–H and O–H groups in total. The monoisotopic (exact) mass is 585 g/mol. The highest BCUT2D eigenvalue weighted by Gasteiger charge is 2.39. The maximum atomic E-state index is 14.1. The lowest BCUT2D eigenvalue weighted by Crippen LogP contribution is -2.61. The molecule has 3 atom stereocenters. The van der Waals surface area contributed by atoms with E-state index in [1.807, 2.05) is 67.1 Å². The number of hydrogen-bond donors (Lipinski definition) is 1. The molecule has 0 aliphatic carbocycles. The molecular weight excluding hydrogens is 546 g/mol. The molecule has 6 nitrogen and oxygen atoms in total. The maximum Gasteiger partial charge on any atom is 0.251 e. The van der Waals surface area contributed by atoms with Crippen LogP contribution in [0.1, 0.15) is 42.5 Å². The Balaban J connectivity index is 1.41. The fourth-order valence-corrected chi connectivity index (χ4v) is 6.21. The molecule has 42 heavy (non-hydrogen) atoms. The van der Waals surface area contributed by atoms with E-state index in [9.17, 15) is 9.59 Å². The van der Waals surface area contributed by atoms with Gasteiger partial charge in [-0.2, -0.15) is 0 Å². The van der Waals surface area contributed by atoms with Crippen LogP contribution in [0.4, 0.5) is 0 Å². The van der Waals surface area contributed by atoms with Gasteiger partial charge in [-0.1, -0.05) is 72.3 Å². The molecular formula is C35H40ClN3O3. The van der Waals surface area contributed by atoms with Gasteiger partial charge in [0.2, 0.25) is 5.91 Å². The molecule has 0 radical (unpaired) electrons. The van der Waals surface area contributed by atoms with Crippen LogP contribution in [0.5, 0.6) is 5.75 Å². The molecule has 2 heterocycles. The van der Waals surface area contributed by atoms with E-state index in [1.54, 1.807) is 6.92 Å². The maximum absolute atomic E-state index is 14.1. The highest BCUT2D eigenvalue weighted by molar-refractivity contribution is 6.32. The average Bonchev–Trinajstić information content (AvgIpc) is 2.97. The number of likely N-dealkylation sites (N-methyl/N-ethyl adjacent to an activating group) is 1. The average molecular weight is 586 g/mol. The van der Waals surface area contributed by atoms with E-state index in [0.717, 1.165) is 34.3 Å². The van der Waals surface area contributed by atoms with Crippen LogP contribution in [-0.2, 0) is 22.4 Å². The molecule has 1 fully saturated rings. The normalized spacial score (nSPS) is 18.9. The van der Waals surface area contributed by atoms with Crippen LogP contribution >= 0.6 is 11.6 Å². The zero-order valence-electron chi connectivity index (χ0n) is 24.9. The molecule has 2 amide bonds. The van der Waals surface area contributed by atoms with E-state index in [1.165, 1.54) is 5.56 Å². The Bertz CT molecular complexity index is 1470. The van der Waals surface area contributed by atoms with Gasteiger partial charge in [0.25, 0.3) is 5.91 Å². The first kappa shape index (κ1) is 29.9. The smallest absolute Gasteiger partial charge is 0.251 e. The van der Waals surface area contributed by atoms with E-state index in [2.05, 4.69) is 41.7 Å². The fourth-order valence-electron chi connectivity index (χ4n) is 6.05. The van der Waals surface area contributed by atoms with Crippen molar-refractivity contribution in [3.05, 3.63) is 106 Å². The van der Waals surface area contributed by atoms with Crippen LogP contribution in [-0.4, -0.2) is 66.5 Å². The van der Waals surface area contributed by atoms with Crippen molar-refractivity contribution in [2.75, 3.05) is 26.7 Å². The molecule has 3 aromatic rings. The number of fused-ring (bicyclic) bond motifs is 2. The minimum atomic E-state index is -0.211. The summed E-state index contributed by atoms with van der Waals surface area (Å²) in [6.07, 6.45) is 2.08. The predicted molar refractivity (Wildman–Crippen MR) is 169 cm³/mol. The molecule has 2 aliphatic rings. The van der Waals surface area contributed by atoms with Crippen LogP contribution in [0.25, 0.3) is 5.57 Å². The summed E-state index contributed by atoms with van der Waals surface area (Å²) in [6.45, 7) is 7.42. The second kappa shape index (κ2) is 13.1. The number of amides is 2. The minimum Gasteiger partial charge on any atom is -0.489 e. The number of carbonyl (C=O) groups is 2. The van der Waals surface area contributed by atoms with Gasteiger partial charge in [0, 0.05) is 51.6 Å². The van der Waals surface area contributed by atoms with E-state index >= 15 is 0 Å². The molecule has 1 saturated heterocycles. The number of benzene rings is 3. The lowest BCUT2D eigenvalue weighted by atomic mass is 9.82. The summed E-state index contributed by atoms with van der Waals surface area (Å²) in [5.41, 5.74) is 6.32. The van der Waals surface area contributed by atoms with E-state index < -0.39 is 0 Å². The molecule has 0 aromatic heterocycles. The number of halogens is 1. The molecule has 2 aliphatic heterocycles. The number of rotatable bonds is 9. The van der Waals surface area contributed by atoms with Gasteiger partial charge in [0.05, 0.1) is 17.2 Å². The Hall–Kier alpha value is -3.61. The second-order valence-electron chi connectivity index (χ2n) is 11.7. The quantitative estimate of drug-likeness (QED) is 0.350. The number of nitrogens with one attached hydrogen (secondary N) is 1. The molecule has 7 heteroatoms. The highest BCUT2D eigenvalue weighted by Crippen LogP contribution is 2.35. The first-order chi connectivity index (χ1) is 20.2. The van der Waals surface area contributed by atoms with Crippen LogP contribution < -0.4 is 10.1 Å². The predicted octanol–water partition coefficient (Wildman–Crippen LogP) is 5.71. The van der Waals surface area contributed by atoms with Crippen molar-refractivity contribution in [1.29, 1.82) is 0 Å². The van der Waals surface area contributed by atoms with Crippen molar-refractivity contribution in [3.8, 4) is 5.75 Å². The molecule has 3 unspecified atom stereocenters. The number of piperazine rings is 1. The third kappa shape index (κ3) is 7.05. The van der Waals surface area contributed by atoms with Crippen LogP contribution in [0.15, 0.2) is 78.4 Å². The van der Waals surface area contributed by atoms with Crippen LogP contribution in [0.2, 0.25) is 5.02 Å². The van der Waals surface area contributed by atoms with Gasteiger partial charge in [0.1, 0.15) is 5.75 Å². The first-order valence-corrected chi connectivity index (χ1v) is 15.1. The summed E-state index contributed by atoms with van der Waals surface area (Å²) < 4.78 is 6.21. The second-order valence-corrected chi connectivity index (χ2v) is 12.1. The number of nitrogens with zero attached hydrogens (tertiary/aromatic N) is 2. The molecule has 0 spiro atoms. The van der Waals surface area contributed by atoms with Gasteiger partial charge in [-0.25, -0.2) is 0 Å². The minimum absolute atomic E-state index is 0.0125. The van der Waals surface area contributed by atoms with E-state index in [4.69, 9.17) is 16.3 Å². The van der Waals surface area contributed by atoms with Gasteiger partial charge < -0.3 is 19.9 Å². The van der Waals surface area contributed by atoms with Crippen molar-refractivity contribution >= 4 is 29.0 Å². The van der Waals surface area contributed by atoms with Crippen LogP contribution in [0.3, 0.4) is 0 Å². The Morgan fingerprint density at radius 1 is 1.05 bits per heavy atom. The summed E-state index contributed by atoms with van der Waals surface area (Å²) in [7, 11) is 1.87. The third-order valence-electron chi connectivity index (χ3n) is 8.22. The SMILES string of the molecule is CC(=O)N1CC2CC(c3cccc(CC(C)Oc4cc(C)ccc4Cl)c3)=C(C(=O)N(C)CCc3ccccc3)C(C1)N2. The standard InChI is InChI=1S/C35H40ClN3O3/c1-23-13-14-31(36)33(17-23)42-24(2)18-27-11-8-12-28(19-27)30-20-29-21-39(25(3)40)22-32(37-29)34(30)35(41)38(4)16-15-26-9-6-5-7-10-26/h5-14,17,19,24,29,32,37H,15-16,18,20-22H2,1-4H3. The Morgan fingerprint density at radius 2 is 1.81 bits per heavy atom. The van der Waals surface area contributed by atoms with Crippen molar-refractivity contribution in [3.63, 3.8) is 0 Å². The van der Waals surface area contributed by atoms with Crippen molar-refractivity contribution < 1.29 is 14.3 Å². The molecule has 220 valence electrons. The van der Waals surface area contributed by atoms with Crippen molar-refractivity contribution in [2.24, 2.45) is 0 Å². The van der Waals surface area contributed by atoms with Crippen molar-refractivity contribution in [1.82, 2.24) is 15.1 Å². The zero-order chi connectivity index (χ0) is 29.8. The molecule has 2 bridgehead atoms. The summed E-state index contributed by atoms with van der Waals surface area (Å²) in [4.78, 5) is 30.1. The summed E-state index contributed by atoms with van der Waals surface area (Å²) in [5, 5.41) is 4.25. The first-order valence-electron chi connectivity index (χ1n) is 14.7. The number of ether oxygens (including phenoxy) is 1. The van der Waals surface area contributed by atoms with Gasteiger partial charge >= 0.3 is 0 Å². The molecule has 0 saturated carbocycles. The number of carbonyl (C=O) groups excluding carboxylic acids is 2. The highest BCUT2D eigenvalue weighted by atomic mass is 35.5. The lowest BCUT2D eigenvalue weighted by molar-refractivity contribution is -0.132. The van der Waals surface area contributed by atoms with Gasteiger partial charge in [-0.15, -0.1) is 0 Å². The summed E-state index contributed by atoms with van der Waals surface area (Å²) >= 11 is 6.38. The van der Waals surface area contributed by atoms with E-state index in [0.29, 0.717) is 43.2 Å². The third-order valence-corrected chi connectivity index (χ3v) is 8.53. The lowest BCUT2D eigenvalue weighted by Gasteiger charge is -2.44. The largest absolute Gasteiger partial charge is 0.489 e. The van der Waals surface area contributed by atoms with E-state index in [-0.39, 0.29) is 30.0 Å². The Labute approximate surface area is 254 Å². The summed E-state index contributed by atoms with van der Waals surface area (Å²) in [6, 6.07) is 24.4. The zero-order valence-corrected chi connectivity index (χ0v) is 25.7. The number of aryl methyl sites for hydroxylation is 1. The Morgan fingerprint density at radius 3 is 2.57 bits per heavy atom. The van der Waals surface area contributed by atoms with Gasteiger partial charge in [0.15, 0.2) is 0 Å². The van der Waals surface area contributed by atoms with Crippen LogP contribution in [0, 0.1) is 6.92 Å². The molecule has 5 rings (SSSR count).